The molecule has 84 valence electrons. The molecule has 0 saturated heterocycles. The van der Waals surface area contributed by atoms with E-state index in [1.165, 1.54) is 12.1 Å². The van der Waals surface area contributed by atoms with Crippen molar-refractivity contribution >= 4 is 12.6 Å². The van der Waals surface area contributed by atoms with Crippen LogP contribution in [0.3, 0.4) is 0 Å². The van der Waals surface area contributed by atoms with Crippen molar-refractivity contribution in [2.45, 2.75) is 25.4 Å². The number of alkyl halides is 3. The maximum Gasteiger partial charge on any atom is 0.416 e. The highest BCUT2D eigenvalue weighted by Gasteiger charge is 2.30. The van der Waals surface area contributed by atoms with E-state index in [9.17, 15) is 13.2 Å². The second-order valence-electron chi connectivity index (χ2n) is 3.53. The normalized spacial score (nSPS) is 13.9. The summed E-state index contributed by atoms with van der Waals surface area (Å²) in [4.78, 5) is 0. The predicted molar refractivity (Wildman–Crippen MR) is 58.3 cm³/mol. The molecule has 0 aliphatic heterocycles. The van der Waals surface area contributed by atoms with Gasteiger partial charge in [-0.25, -0.2) is 0 Å². The zero-order valence-corrected chi connectivity index (χ0v) is 9.28. The highest BCUT2D eigenvalue weighted by atomic mass is 32.1. The van der Waals surface area contributed by atoms with E-state index in [0.717, 1.165) is 29.9 Å². The lowest BCUT2D eigenvalue weighted by atomic mass is 9.97. The standard InChI is InChI=1S/C11H13F3S/c1-8(6-7-15)9-2-4-10(5-3-9)11(12,13)14/h2-5,8,15H,6-7H2,1H3. The first kappa shape index (κ1) is 12.4. The number of benzene rings is 1. The molecule has 0 aromatic heterocycles. The Hall–Kier alpha value is -0.640. The van der Waals surface area contributed by atoms with Crippen LogP contribution in [0.4, 0.5) is 13.2 Å². The van der Waals surface area contributed by atoms with Gasteiger partial charge in [-0.15, -0.1) is 0 Å². The third-order valence-electron chi connectivity index (χ3n) is 2.37. The van der Waals surface area contributed by atoms with Crippen LogP contribution in [0.1, 0.15) is 30.4 Å². The summed E-state index contributed by atoms with van der Waals surface area (Å²) in [6.45, 7) is 1.98. The van der Waals surface area contributed by atoms with Crippen LogP contribution in [0.2, 0.25) is 0 Å². The van der Waals surface area contributed by atoms with Crippen LogP contribution < -0.4 is 0 Å². The fourth-order valence-corrected chi connectivity index (χ4v) is 1.75. The molecule has 0 N–H and O–H groups in total. The molecule has 15 heavy (non-hydrogen) atoms. The summed E-state index contributed by atoms with van der Waals surface area (Å²) in [6.07, 6.45) is -3.38. The lowest BCUT2D eigenvalue weighted by Gasteiger charge is -2.12. The van der Waals surface area contributed by atoms with Crippen molar-refractivity contribution in [2.75, 3.05) is 5.75 Å². The first-order chi connectivity index (χ1) is 6.95. The molecule has 0 nitrogen and oxygen atoms in total. The lowest BCUT2D eigenvalue weighted by Crippen LogP contribution is -2.05. The quantitative estimate of drug-likeness (QED) is 0.747. The van der Waals surface area contributed by atoms with Crippen molar-refractivity contribution in [2.24, 2.45) is 0 Å². The molecule has 0 saturated carbocycles. The van der Waals surface area contributed by atoms with Crippen LogP contribution in [0.15, 0.2) is 24.3 Å². The largest absolute Gasteiger partial charge is 0.416 e. The van der Waals surface area contributed by atoms with E-state index in [0.29, 0.717) is 0 Å². The number of thiol groups is 1. The summed E-state index contributed by atoms with van der Waals surface area (Å²) in [5.74, 6) is 0.993. The Labute approximate surface area is 92.9 Å². The Morgan fingerprint density at radius 3 is 2.13 bits per heavy atom. The van der Waals surface area contributed by atoms with Crippen molar-refractivity contribution in [3.63, 3.8) is 0 Å². The molecule has 1 aromatic rings. The van der Waals surface area contributed by atoms with Gasteiger partial charge in [0, 0.05) is 0 Å². The van der Waals surface area contributed by atoms with E-state index in [4.69, 9.17) is 0 Å². The molecule has 0 heterocycles. The highest BCUT2D eigenvalue weighted by Crippen LogP contribution is 2.30. The van der Waals surface area contributed by atoms with Gasteiger partial charge in [0.25, 0.3) is 0 Å². The van der Waals surface area contributed by atoms with E-state index >= 15 is 0 Å². The smallest absolute Gasteiger partial charge is 0.179 e. The summed E-state index contributed by atoms with van der Waals surface area (Å²) in [6, 6.07) is 5.34. The summed E-state index contributed by atoms with van der Waals surface area (Å²) >= 11 is 4.10. The van der Waals surface area contributed by atoms with Gasteiger partial charge < -0.3 is 0 Å². The number of hydrogen-bond acceptors (Lipinski definition) is 1. The summed E-state index contributed by atoms with van der Waals surface area (Å²) < 4.78 is 36.8. The Morgan fingerprint density at radius 1 is 1.20 bits per heavy atom. The third kappa shape index (κ3) is 3.45. The number of rotatable bonds is 3. The molecular formula is C11H13F3S. The molecule has 1 rings (SSSR count). The summed E-state index contributed by atoms with van der Waals surface area (Å²) in [7, 11) is 0. The highest BCUT2D eigenvalue weighted by molar-refractivity contribution is 7.80. The topological polar surface area (TPSA) is 0 Å². The molecule has 0 aliphatic carbocycles. The van der Waals surface area contributed by atoms with Gasteiger partial charge in [-0.3, -0.25) is 0 Å². The van der Waals surface area contributed by atoms with Crippen LogP contribution in [0.25, 0.3) is 0 Å². The molecule has 0 amide bonds. The second kappa shape index (κ2) is 4.92. The van der Waals surface area contributed by atoms with Crippen LogP contribution >= 0.6 is 12.6 Å². The zero-order chi connectivity index (χ0) is 11.5. The van der Waals surface area contributed by atoms with E-state index in [2.05, 4.69) is 12.6 Å². The van der Waals surface area contributed by atoms with Crippen molar-refractivity contribution in [3.8, 4) is 0 Å². The lowest BCUT2D eigenvalue weighted by molar-refractivity contribution is -0.137. The Balaban J connectivity index is 2.81. The van der Waals surface area contributed by atoms with Gasteiger partial charge in [0.2, 0.25) is 0 Å². The maximum atomic E-state index is 12.3. The third-order valence-corrected chi connectivity index (χ3v) is 2.63. The maximum absolute atomic E-state index is 12.3. The summed E-state index contributed by atoms with van der Waals surface area (Å²) in [5.41, 5.74) is 0.335. The fourth-order valence-electron chi connectivity index (χ4n) is 1.36. The first-order valence-corrected chi connectivity index (χ1v) is 5.36. The Kier molecular flexibility index (Phi) is 4.08. The van der Waals surface area contributed by atoms with Crippen LogP contribution in [0, 0.1) is 0 Å². The Morgan fingerprint density at radius 2 is 1.73 bits per heavy atom. The minimum absolute atomic E-state index is 0.254. The molecule has 1 unspecified atom stereocenters. The zero-order valence-electron chi connectivity index (χ0n) is 8.38. The van der Waals surface area contributed by atoms with E-state index in [1.807, 2.05) is 6.92 Å². The monoisotopic (exact) mass is 234 g/mol. The van der Waals surface area contributed by atoms with Gasteiger partial charge in [0.15, 0.2) is 0 Å². The molecule has 0 bridgehead atoms. The van der Waals surface area contributed by atoms with Crippen molar-refractivity contribution < 1.29 is 13.2 Å². The second-order valence-corrected chi connectivity index (χ2v) is 3.98. The Bertz CT molecular complexity index is 303. The van der Waals surface area contributed by atoms with Crippen molar-refractivity contribution in [1.29, 1.82) is 0 Å². The van der Waals surface area contributed by atoms with Gasteiger partial charge in [0.1, 0.15) is 0 Å². The molecule has 0 spiro atoms. The van der Waals surface area contributed by atoms with Gasteiger partial charge in [-0.05, 0) is 35.8 Å². The summed E-state index contributed by atoms with van der Waals surface area (Å²) in [5, 5.41) is 0. The van der Waals surface area contributed by atoms with Crippen molar-refractivity contribution in [3.05, 3.63) is 35.4 Å². The van der Waals surface area contributed by atoms with Gasteiger partial charge >= 0.3 is 6.18 Å². The minimum Gasteiger partial charge on any atom is -0.179 e. The van der Waals surface area contributed by atoms with E-state index < -0.39 is 11.7 Å². The molecule has 1 aromatic carbocycles. The minimum atomic E-state index is -4.24. The first-order valence-electron chi connectivity index (χ1n) is 4.73. The molecule has 0 radical (unpaired) electrons. The van der Waals surface area contributed by atoms with Crippen molar-refractivity contribution in [1.82, 2.24) is 0 Å². The molecule has 0 fully saturated rings. The van der Waals surface area contributed by atoms with Crippen LogP contribution in [-0.2, 0) is 6.18 Å². The number of hydrogen-bond donors (Lipinski definition) is 1. The van der Waals surface area contributed by atoms with Gasteiger partial charge in [-0.1, -0.05) is 19.1 Å². The number of halogens is 3. The average molecular weight is 234 g/mol. The van der Waals surface area contributed by atoms with E-state index in [-0.39, 0.29) is 5.92 Å². The average Bonchev–Trinajstić information content (AvgIpc) is 2.17. The molecule has 4 heteroatoms. The van der Waals surface area contributed by atoms with Gasteiger partial charge in [-0.2, -0.15) is 25.8 Å². The molecular weight excluding hydrogens is 221 g/mol. The SMILES string of the molecule is CC(CCS)c1ccc(C(F)(F)F)cc1. The van der Waals surface area contributed by atoms with Crippen LogP contribution in [0.5, 0.6) is 0 Å². The van der Waals surface area contributed by atoms with E-state index in [1.54, 1.807) is 0 Å². The molecule has 1 atom stereocenters. The van der Waals surface area contributed by atoms with Crippen LogP contribution in [-0.4, -0.2) is 5.75 Å². The molecule has 0 aliphatic rings. The predicted octanol–water partition coefficient (Wildman–Crippen LogP) is 4.13. The van der Waals surface area contributed by atoms with Gasteiger partial charge in [0.05, 0.1) is 5.56 Å². The fraction of sp³-hybridized carbons (Fsp3) is 0.455.